The number of hydrogen-bond acceptors (Lipinski definition) is 2. The van der Waals surface area contributed by atoms with Crippen molar-refractivity contribution in [3.8, 4) is 11.1 Å². The van der Waals surface area contributed by atoms with E-state index in [0.29, 0.717) is 11.2 Å². The van der Waals surface area contributed by atoms with Gasteiger partial charge in [-0.15, -0.1) is 0 Å². The predicted molar refractivity (Wildman–Crippen MR) is 72.3 cm³/mol. The van der Waals surface area contributed by atoms with E-state index in [4.69, 9.17) is 5.11 Å². The third-order valence-corrected chi connectivity index (χ3v) is 3.16. The van der Waals surface area contributed by atoms with E-state index in [0.717, 1.165) is 11.1 Å². The van der Waals surface area contributed by atoms with Gasteiger partial charge in [-0.2, -0.15) is 0 Å². The summed E-state index contributed by atoms with van der Waals surface area (Å²) < 4.78 is 14.9. The monoisotopic (exact) mass is 270 g/mol. The Morgan fingerprint density at radius 2 is 1.95 bits per heavy atom. The molecule has 0 fully saturated rings. The number of hydrogen-bond donors (Lipinski definition) is 1. The van der Waals surface area contributed by atoms with Crippen LogP contribution in [0.4, 0.5) is 4.39 Å². The van der Waals surface area contributed by atoms with E-state index in [-0.39, 0.29) is 11.5 Å². The van der Waals surface area contributed by atoms with Gasteiger partial charge in [-0.05, 0) is 47.9 Å². The van der Waals surface area contributed by atoms with Crippen molar-refractivity contribution >= 4 is 11.6 Å². The highest BCUT2D eigenvalue weighted by molar-refractivity contribution is 5.86. The highest BCUT2D eigenvalue weighted by Crippen LogP contribution is 2.22. The molecule has 2 aromatic heterocycles. The number of pyridine rings is 1. The minimum atomic E-state index is -1.06. The predicted octanol–water partition coefficient (Wildman–Crippen LogP) is 3.15. The molecule has 20 heavy (non-hydrogen) atoms. The maximum atomic E-state index is 13.3. The number of aryl methyl sites for hydroxylation is 1. The summed E-state index contributed by atoms with van der Waals surface area (Å²) in [4.78, 5) is 14.9. The van der Waals surface area contributed by atoms with Gasteiger partial charge in [0.1, 0.15) is 11.5 Å². The molecule has 0 amide bonds. The van der Waals surface area contributed by atoms with E-state index in [9.17, 15) is 9.18 Å². The van der Waals surface area contributed by atoms with Crippen LogP contribution in [0.25, 0.3) is 16.8 Å². The number of halogens is 1. The molecule has 0 spiro atoms. The van der Waals surface area contributed by atoms with Gasteiger partial charge in [0.25, 0.3) is 0 Å². The van der Waals surface area contributed by atoms with Gasteiger partial charge in [0.15, 0.2) is 5.69 Å². The molecule has 100 valence electrons. The zero-order chi connectivity index (χ0) is 14.3. The molecule has 0 aliphatic heterocycles. The summed E-state index contributed by atoms with van der Waals surface area (Å²) in [7, 11) is 0. The Morgan fingerprint density at radius 3 is 2.65 bits per heavy atom. The number of carboxylic acids is 1. The second-order valence-electron chi connectivity index (χ2n) is 4.58. The van der Waals surface area contributed by atoms with Crippen LogP contribution in [0.2, 0.25) is 0 Å². The van der Waals surface area contributed by atoms with Crippen LogP contribution in [0.5, 0.6) is 0 Å². The maximum absolute atomic E-state index is 13.3. The topological polar surface area (TPSA) is 54.6 Å². The molecule has 0 saturated heterocycles. The zero-order valence-electron chi connectivity index (χ0n) is 10.7. The molecule has 3 aromatic rings. The molecule has 1 N–H and O–H groups in total. The minimum Gasteiger partial charge on any atom is -0.476 e. The summed E-state index contributed by atoms with van der Waals surface area (Å²) in [5.41, 5.74) is 2.87. The third kappa shape index (κ3) is 2.03. The van der Waals surface area contributed by atoms with Crippen molar-refractivity contribution in [2.45, 2.75) is 6.92 Å². The Morgan fingerprint density at radius 1 is 1.20 bits per heavy atom. The summed E-state index contributed by atoms with van der Waals surface area (Å²) in [6, 6.07) is 8.44. The van der Waals surface area contributed by atoms with Crippen molar-refractivity contribution in [2.75, 3.05) is 0 Å². The van der Waals surface area contributed by atoms with Crippen LogP contribution in [-0.2, 0) is 0 Å². The van der Waals surface area contributed by atoms with E-state index >= 15 is 0 Å². The molecule has 0 aliphatic carbocycles. The second-order valence-corrected chi connectivity index (χ2v) is 4.58. The average Bonchev–Trinajstić information content (AvgIpc) is 2.85. The molecule has 0 unspecified atom stereocenters. The van der Waals surface area contributed by atoms with Crippen LogP contribution in [-0.4, -0.2) is 20.5 Å². The van der Waals surface area contributed by atoms with Crippen LogP contribution in [0, 0.1) is 12.7 Å². The lowest BCUT2D eigenvalue weighted by Crippen LogP contribution is -1.94. The lowest BCUT2D eigenvalue weighted by Gasteiger charge is -2.04. The number of fused-ring (bicyclic) bond motifs is 1. The number of carbonyl (C=O) groups is 1. The Bertz CT molecular complexity index is 824. The van der Waals surface area contributed by atoms with Crippen LogP contribution < -0.4 is 0 Å². The zero-order valence-corrected chi connectivity index (χ0v) is 10.7. The van der Waals surface area contributed by atoms with Crippen molar-refractivity contribution in [3.05, 3.63) is 59.8 Å². The van der Waals surface area contributed by atoms with Crippen molar-refractivity contribution in [1.82, 2.24) is 9.38 Å². The molecule has 0 bridgehead atoms. The summed E-state index contributed by atoms with van der Waals surface area (Å²) in [6.45, 7) is 1.71. The first-order valence-corrected chi connectivity index (χ1v) is 6.03. The lowest BCUT2D eigenvalue weighted by atomic mass is 10.1. The largest absolute Gasteiger partial charge is 0.476 e. The lowest BCUT2D eigenvalue weighted by molar-refractivity contribution is 0.0691. The number of imidazole rings is 1. The van der Waals surface area contributed by atoms with Gasteiger partial charge in [0.05, 0.1) is 0 Å². The van der Waals surface area contributed by atoms with Gasteiger partial charge >= 0.3 is 5.97 Å². The molecular weight excluding hydrogens is 259 g/mol. The molecule has 5 heteroatoms. The van der Waals surface area contributed by atoms with Crippen LogP contribution in [0.3, 0.4) is 0 Å². The fourth-order valence-corrected chi connectivity index (χ4v) is 2.09. The number of benzene rings is 1. The Balaban J connectivity index is 2.12. The number of aromatic carboxylic acids is 1. The smallest absolute Gasteiger partial charge is 0.356 e. The standard InChI is InChI=1S/C15H11FN2O2/c1-9-6-10(2-4-12(9)16)11-3-5-14-17-13(15(19)20)8-18(14)7-11/h2-8H,1H3,(H,19,20). The SMILES string of the molecule is Cc1cc(-c2ccc3nc(C(=O)O)cn3c2)ccc1F. The van der Waals surface area contributed by atoms with Gasteiger partial charge in [-0.25, -0.2) is 14.2 Å². The van der Waals surface area contributed by atoms with Crippen LogP contribution in [0.15, 0.2) is 42.7 Å². The van der Waals surface area contributed by atoms with Crippen molar-refractivity contribution in [2.24, 2.45) is 0 Å². The summed E-state index contributed by atoms with van der Waals surface area (Å²) >= 11 is 0. The van der Waals surface area contributed by atoms with Gasteiger partial charge in [0, 0.05) is 12.4 Å². The third-order valence-electron chi connectivity index (χ3n) is 3.16. The normalized spacial score (nSPS) is 10.9. The first kappa shape index (κ1) is 12.3. The molecule has 4 nitrogen and oxygen atoms in total. The van der Waals surface area contributed by atoms with E-state index in [1.807, 2.05) is 6.07 Å². The summed E-state index contributed by atoms with van der Waals surface area (Å²) in [5.74, 6) is -1.31. The average molecular weight is 270 g/mol. The number of carboxylic acid groups (broad SMARTS) is 1. The van der Waals surface area contributed by atoms with E-state index in [1.165, 1.54) is 12.3 Å². The quantitative estimate of drug-likeness (QED) is 0.778. The summed E-state index contributed by atoms with van der Waals surface area (Å²) in [5, 5.41) is 8.92. The Kier molecular flexibility index (Phi) is 2.75. The molecule has 0 radical (unpaired) electrons. The maximum Gasteiger partial charge on any atom is 0.356 e. The van der Waals surface area contributed by atoms with Crippen molar-refractivity contribution in [3.63, 3.8) is 0 Å². The van der Waals surface area contributed by atoms with Gasteiger partial charge < -0.3 is 9.51 Å². The highest BCUT2D eigenvalue weighted by Gasteiger charge is 2.09. The molecule has 3 rings (SSSR count). The Hall–Kier alpha value is -2.69. The van der Waals surface area contributed by atoms with Crippen molar-refractivity contribution in [1.29, 1.82) is 0 Å². The molecule has 0 atom stereocenters. The number of rotatable bonds is 2. The molecule has 0 saturated carbocycles. The molecule has 1 aromatic carbocycles. The molecule has 2 heterocycles. The molecular formula is C15H11FN2O2. The van der Waals surface area contributed by atoms with Crippen LogP contribution >= 0.6 is 0 Å². The van der Waals surface area contributed by atoms with Gasteiger partial charge in [0.2, 0.25) is 0 Å². The highest BCUT2D eigenvalue weighted by atomic mass is 19.1. The number of aromatic nitrogens is 2. The molecule has 0 aliphatic rings. The number of nitrogens with zero attached hydrogens (tertiary/aromatic N) is 2. The van der Waals surface area contributed by atoms with E-state index < -0.39 is 5.97 Å². The van der Waals surface area contributed by atoms with Crippen molar-refractivity contribution < 1.29 is 14.3 Å². The minimum absolute atomic E-state index is 0.00237. The van der Waals surface area contributed by atoms with Crippen LogP contribution in [0.1, 0.15) is 16.1 Å². The fraction of sp³-hybridized carbons (Fsp3) is 0.0667. The Labute approximate surface area is 114 Å². The van der Waals surface area contributed by atoms with Gasteiger partial charge in [-0.1, -0.05) is 6.07 Å². The summed E-state index contributed by atoms with van der Waals surface area (Å²) in [6.07, 6.45) is 3.24. The first-order chi connectivity index (χ1) is 9.54. The van der Waals surface area contributed by atoms with E-state index in [1.54, 1.807) is 35.7 Å². The van der Waals surface area contributed by atoms with E-state index in [2.05, 4.69) is 4.98 Å². The first-order valence-electron chi connectivity index (χ1n) is 6.03. The second kappa shape index (κ2) is 4.45. The van der Waals surface area contributed by atoms with Gasteiger partial charge in [-0.3, -0.25) is 0 Å². The fourth-order valence-electron chi connectivity index (χ4n) is 2.09.